The molecule has 0 radical (unpaired) electrons. The molecule has 0 amide bonds. The van der Waals surface area contributed by atoms with Gasteiger partial charge in [0.05, 0.1) is 12.3 Å². The molecular formula is C11H15NO3. The summed E-state index contributed by atoms with van der Waals surface area (Å²) < 4.78 is 4.87. The Hall–Kier alpha value is -1.71. The standard InChI is InChI=1S/C11H15NO3/c1-2-7-15-11(14)8-12-9-5-3-4-6-10(9)13/h3-6,12-13H,2,7-8H2,1H3. The van der Waals surface area contributed by atoms with E-state index in [0.717, 1.165) is 6.42 Å². The second-order valence-electron chi connectivity index (χ2n) is 3.09. The second kappa shape index (κ2) is 5.90. The quantitative estimate of drug-likeness (QED) is 0.573. The van der Waals surface area contributed by atoms with E-state index in [9.17, 15) is 9.90 Å². The van der Waals surface area contributed by atoms with Gasteiger partial charge in [0.15, 0.2) is 0 Å². The molecule has 0 aliphatic heterocycles. The van der Waals surface area contributed by atoms with Crippen LogP contribution in [0.2, 0.25) is 0 Å². The minimum absolute atomic E-state index is 0.0670. The molecule has 0 atom stereocenters. The molecule has 0 saturated heterocycles. The fraction of sp³-hybridized carbons (Fsp3) is 0.364. The fourth-order valence-corrected chi connectivity index (χ4v) is 1.06. The summed E-state index contributed by atoms with van der Waals surface area (Å²) in [6.07, 6.45) is 0.808. The molecule has 1 aromatic carbocycles. The number of rotatable bonds is 5. The largest absolute Gasteiger partial charge is 0.506 e. The lowest BCUT2D eigenvalue weighted by molar-refractivity contribution is -0.141. The molecule has 4 heteroatoms. The van der Waals surface area contributed by atoms with Crippen molar-refractivity contribution in [2.75, 3.05) is 18.5 Å². The van der Waals surface area contributed by atoms with Crippen LogP contribution in [-0.4, -0.2) is 24.2 Å². The average Bonchev–Trinajstić information content (AvgIpc) is 2.25. The van der Waals surface area contributed by atoms with Gasteiger partial charge in [0.25, 0.3) is 0 Å². The Morgan fingerprint density at radius 2 is 2.20 bits per heavy atom. The summed E-state index contributed by atoms with van der Waals surface area (Å²) in [7, 11) is 0. The molecule has 0 unspecified atom stereocenters. The van der Waals surface area contributed by atoms with Crippen molar-refractivity contribution >= 4 is 11.7 Å². The number of carbonyl (C=O) groups excluding carboxylic acids is 1. The van der Waals surface area contributed by atoms with Crippen LogP contribution in [0.25, 0.3) is 0 Å². The van der Waals surface area contributed by atoms with Gasteiger partial charge in [0.1, 0.15) is 12.3 Å². The highest BCUT2D eigenvalue weighted by molar-refractivity contribution is 5.75. The maximum atomic E-state index is 11.1. The molecule has 1 aromatic rings. The minimum atomic E-state index is -0.319. The van der Waals surface area contributed by atoms with Crippen LogP contribution in [0.3, 0.4) is 0 Å². The molecule has 2 N–H and O–H groups in total. The van der Waals surface area contributed by atoms with Gasteiger partial charge in [0, 0.05) is 0 Å². The molecule has 0 fully saturated rings. The van der Waals surface area contributed by atoms with Crippen LogP contribution in [0.15, 0.2) is 24.3 Å². The lowest BCUT2D eigenvalue weighted by Crippen LogP contribution is -2.17. The number of nitrogens with one attached hydrogen (secondary N) is 1. The van der Waals surface area contributed by atoms with Gasteiger partial charge in [-0.15, -0.1) is 0 Å². The van der Waals surface area contributed by atoms with Crippen molar-refractivity contribution in [3.63, 3.8) is 0 Å². The summed E-state index contributed by atoms with van der Waals surface area (Å²) >= 11 is 0. The first-order chi connectivity index (χ1) is 7.24. The number of phenols is 1. The summed E-state index contributed by atoms with van der Waals surface area (Å²) in [4.78, 5) is 11.1. The molecule has 0 aromatic heterocycles. The van der Waals surface area contributed by atoms with E-state index in [-0.39, 0.29) is 18.3 Å². The first-order valence-electron chi connectivity index (χ1n) is 4.91. The summed E-state index contributed by atoms with van der Waals surface area (Å²) in [6.45, 7) is 2.43. The number of benzene rings is 1. The van der Waals surface area contributed by atoms with Gasteiger partial charge in [-0.25, -0.2) is 0 Å². The molecular weight excluding hydrogens is 194 g/mol. The normalized spacial score (nSPS) is 9.67. The Morgan fingerprint density at radius 3 is 2.87 bits per heavy atom. The SMILES string of the molecule is CCCOC(=O)CNc1ccccc1O. The van der Waals surface area contributed by atoms with Gasteiger partial charge in [-0.3, -0.25) is 4.79 Å². The van der Waals surface area contributed by atoms with Crippen LogP contribution < -0.4 is 5.32 Å². The zero-order chi connectivity index (χ0) is 11.1. The van der Waals surface area contributed by atoms with Gasteiger partial charge in [-0.1, -0.05) is 19.1 Å². The van der Waals surface area contributed by atoms with Crippen molar-refractivity contribution in [2.45, 2.75) is 13.3 Å². The summed E-state index contributed by atoms with van der Waals surface area (Å²) in [6, 6.07) is 6.75. The Balaban J connectivity index is 2.37. The summed E-state index contributed by atoms with van der Waals surface area (Å²) in [5.41, 5.74) is 0.533. The maximum absolute atomic E-state index is 11.1. The minimum Gasteiger partial charge on any atom is -0.506 e. The topological polar surface area (TPSA) is 58.6 Å². The van der Waals surface area contributed by atoms with Crippen LogP contribution in [0.5, 0.6) is 5.75 Å². The van der Waals surface area contributed by atoms with E-state index in [2.05, 4.69) is 5.32 Å². The summed E-state index contributed by atoms with van der Waals surface area (Å²) in [5.74, 6) is -0.194. The van der Waals surface area contributed by atoms with Gasteiger partial charge in [0.2, 0.25) is 0 Å². The highest BCUT2D eigenvalue weighted by Crippen LogP contribution is 2.20. The molecule has 82 valence electrons. The van der Waals surface area contributed by atoms with Crippen molar-refractivity contribution in [3.8, 4) is 5.75 Å². The van der Waals surface area contributed by atoms with Gasteiger partial charge >= 0.3 is 5.97 Å². The third-order valence-corrected chi connectivity index (χ3v) is 1.79. The van der Waals surface area contributed by atoms with E-state index < -0.39 is 0 Å². The third-order valence-electron chi connectivity index (χ3n) is 1.79. The van der Waals surface area contributed by atoms with E-state index in [0.29, 0.717) is 12.3 Å². The molecule has 0 spiro atoms. The van der Waals surface area contributed by atoms with Crippen molar-refractivity contribution in [1.29, 1.82) is 0 Å². The highest BCUT2D eigenvalue weighted by Gasteiger charge is 2.03. The molecule has 0 aliphatic carbocycles. The predicted octanol–water partition coefficient (Wildman–Crippen LogP) is 1.76. The lowest BCUT2D eigenvalue weighted by Gasteiger charge is -2.07. The van der Waals surface area contributed by atoms with Crippen LogP contribution in [0.1, 0.15) is 13.3 Å². The number of hydrogen-bond donors (Lipinski definition) is 2. The Labute approximate surface area is 88.9 Å². The second-order valence-corrected chi connectivity index (χ2v) is 3.09. The van der Waals surface area contributed by atoms with Crippen molar-refractivity contribution < 1.29 is 14.6 Å². The number of esters is 1. The van der Waals surface area contributed by atoms with Crippen LogP contribution in [-0.2, 0) is 9.53 Å². The fourth-order valence-electron chi connectivity index (χ4n) is 1.06. The van der Waals surface area contributed by atoms with Crippen LogP contribution in [0, 0.1) is 0 Å². The smallest absolute Gasteiger partial charge is 0.325 e. The first-order valence-corrected chi connectivity index (χ1v) is 4.91. The molecule has 4 nitrogen and oxygen atoms in total. The Bertz CT molecular complexity index is 325. The molecule has 0 saturated carbocycles. The molecule has 1 rings (SSSR count). The van der Waals surface area contributed by atoms with Gasteiger partial charge < -0.3 is 15.2 Å². The molecule has 0 heterocycles. The van der Waals surface area contributed by atoms with E-state index in [4.69, 9.17) is 4.74 Å². The highest BCUT2D eigenvalue weighted by atomic mass is 16.5. The zero-order valence-electron chi connectivity index (χ0n) is 8.69. The zero-order valence-corrected chi connectivity index (χ0v) is 8.69. The molecule has 0 bridgehead atoms. The van der Waals surface area contributed by atoms with Gasteiger partial charge in [-0.2, -0.15) is 0 Å². The van der Waals surface area contributed by atoms with E-state index in [1.54, 1.807) is 24.3 Å². The number of ether oxygens (including phenoxy) is 1. The van der Waals surface area contributed by atoms with E-state index >= 15 is 0 Å². The number of phenolic OH excluding ortho intramolecular Hbond substituents is 1. The predicted molar refractivity (Wildman–Crippen MR) is 57.8 cm³/mol. The average molecular weight is 209 g/mol. The molecule has 0 aliphatic rings. The Morgan fingerprint density at radius 1 is 1.47 bits per heavy atom. The van der Waals surface area contributed by atoms with Crippen molar-refractivity contribution in [1.82, 2.24) is 0 Å². The summed E-state index contributed by atoms with van der Waals surface area (Å²) in [5, 5.41) is 12.2. The van der Waals surface area contributed by atoms with Crippen LogP contribution in [0.4, 0.5) is 5.69 Å². The number of aromatic hydroxyl groups is 1. The maximum Gasteiger partial charge on any atom is 0.325 e. The Kier molecular flexibility index (Phi) is 4.47. The van der Waals surface area contributed by atoms with Crippen molar-refractivity contribution in [3.05, 3.63) is 24.3 Å². The van der Waals surface area contributed by atoms with Gasteiger partial charge in [-0.05, 0) is 18.6 Å². The lowest BCUT2D eigenvalue weighted by atomic mass is 10.3. The van der Waals surface area contributed by atoms with Crippen LogP contribution >= 0.6 is 0 Å². The number of hydrogen-bond acceptors (Lipinski definition) is 4. The number of carbonyl (C=O) groups is 1. The number of anilines is 1. The monoisotopic (exact) mass is 209 g/mol. The van der Waals surface area contributed by atoms with Crippen molar-refractivity contribution in [2.24, 2.45) is 0 Å². The first kappa shape index (κ1) is 11.4. The van der Waals surface area contributed by atoms with E-state index in [1.165, 1.54) is 0 Å². The third kappa shape index (κ3) is 3.89. The van der Waals surface area contributed by atoms with E-state index in [1.807, 2.05) is 6.92 Å². The number of para-hydroxylation sites is 2. The molecule has 15 heavy (non-hydrogen) atoms.